The molecule has 8 rings (SSSR count). The lowest BCUT2D eigenvalue weighted by Gasteiger charge is -2.18. The topological polar surface area (TPSA) is 120 Å². The van der Waals surface area contributed by atoms with Crippen molar-refractivity contribution < 1.29 is 38.4 Å². The molecule has 0 spiro atoms. The predicted octanol–water partition coefficient (Wildman–Crippen LogP) is 11.8. The lowest BCUT2D eigenvalue weighted by atomic mass is 9.98. The smallest absolute Gasteiger partial charge is 0.480 e. The molecule has 2 aliphatic rings. The maximum Gasteiger partial charge on any atom is 0.513 e. The normalized spacial score (nSPS) is 13.1. The quantitative estimate of drug-likeness (QED) is 0.0748. The molecule has 58 heavy (non-hydrogen) atoms. The SMILES string of the molecule is O=C(NC(Cc1cc(I)c(Oc2cc(I)c(OC(=O)OCC3c4ccccc4-c4ccccc43)c(I)c2)c(I)c1)C(=O)O)OCC1c2ccccc2-c2ccccc21. The molecule has 0 heterocycles. The Kier molecular flexibility index (Phi) is 12.5. The first-order valence-corrected chi connectivity index (χ1v) is 22.4. The monoisotopic (exact) mass is 1220 g/mol. The average Bonchev–Trinajstić information content (AvgIpc) is 3.71. The molecule has 292 valence electrons. The van der Waals surface area contributed by atoms with Gasteiger partial charge in [0.25, 0.3) is 0 Å². The second-order valence-corrected chi connectivity index (χ2v) is 18.3. The zero-order valence-electron chi connectivity index (χ0n) is 30.2. The van der Waals surface area contributed by atoms with Crippen LogP contribution >= 0.6 is 90.4 Å². The van der Waals surface area contributed by atoms with Gasteiger partial charge in [-0.05, 0) is 165 Å². The summed E-state index contributed by atoms with van der Waals surface area (Å²) in [5.74, 6) is 0.0693. The van der Waals surface area contributed by atoms with E-state index in [9.17, 15) is 19.5 Å². The van der Waals surface area contributed by atoms with E-state index in [1.54, 1.807) is 12.1 Å². The maximum atomic E-state index is 13.0. The van der Waals surface area contributed by atoms with Gasteiger partial charge in [0.1, 0.15) is 25.0 Å². The molecule has 0 radical (unpaired) electrons. The molecule has 6 aromatic carbocycles. The van der Waals surface area contributed by atoms with Gasteiger partial charge in [-0.2, -0.15) is 0 Å². The summed E-state index contributed by atoms with van der Waals surface area (Å²) < 4.78 is 26.1. The number of aliphatic carboxylic acids is 1. The number of fused-ring (bicyclic) bond motifs is 6. The number of nitrogens with one attached hydrogen (secondary N) is 1. The van der Waals surface area contributed by atoms with Gasteiger partial charge in [0.05, 0.1) is 14.3 Å². The van der Waals surface area contributed by atoms with Crippen LogP contribution in [0, 0.1) is 14.3 Å². The highest BCUT2D eigenvalue weighted by molar-refractivity contribution is 14.1. The summed E-state index contributed by atoms with van der Waals surface area (Å²) in [5, 5.41) is 12.6. The zero-order valence-corrected chi connectivity index (χ0v) is 38.8. The highest BCUT2D eigenvalue weighted by atomic mass is 127. The molecule has 1 atom stereocenters. The van der Waals surface area contributed by atoms with Gasteiger partial charge in [-0.3, -0.25) is 0 Å². The van der Waals surface area contributed by atoms with E-state index in [0.717, 1.165) is 51.6 Å². The molecular formula is C45H31I4NO8. The van der Waals surface area contributed by atoms with Gasteiger partial charge in [-0.15, -0.1) is 0 Å². The Morgan fingerprint density at radius 1 is 0.586 bits per heavy atom. The van der Waals surface area contributed by atoms with Crippen molar-refractivity contribution in [3.8, 4) is 39.5 Å². The van der Waals surface area contributed by atoms with E-state index >= 15 is 0 Å². The van der Waals surface area contributed by atoms with Crippen molar-refractivity contribution >= 4 is 109 Å². The van der Waals surface area contributed by atoms with Crippen LogP contribution in [0.25, 0.3) is 22.3 Å². The Hall–Kier alpha value is -3.95. The van der Waals surface area contributed by atoms with E-state index < -0.39 is 24.3 Å². The summed E-state index contributed by atoms with van der Waals surface area (Å²) in [7, 11) is 0. The number of ether oxygens (including phenoxy) is 4. The van der Waals surface area contributed by atoms with E-state index in [0.29, 0.717) is 30.0 Å². The number of carbonyl (C=O) groups is 3. The second kappa shape index (κ2) is 17.7. The number of hydrogen-bond donors (Lipinski definition) is 2. The van der Waals surface area contributed by atoms with Crippen LogP contribution in [0.5, 0.6) is 17.2 Å². The van der Waals surface area contributed by atoms with Crippen LogP contribution < -0.4 is 14.8 Å². The Morgan fingerprint density at radius 2 is 1.00 bits per heavy atom. The lowest BCUT2D eigenvalue weighted by molar-refractivity contribution is -0.139. The van der Waals surface area contributed by atoms with Crippen molar-refractivity contribution in [2.75, 3.05) is 13.2 Å². The summed E-state index contributed by atoms with van der Waals surface area (Å²) in [6.07, 6.45) is -1.56. The van der Waals surface area contributed by atoms with Crippen LogP contribution in [0.2, 0.25) is 0 Å². The molecule has 0 saturated carbocycles. The van der Waals surface area contributed by atoms with Crippen LogP contribution in [-0.2, 0) is 20.7 Å². The highest BCUT2D eigenvalue weighted by Crippen LogP contribution is 2.46. The molecule has 0 bridgehead atoms. The molecule has 9 nitrogen and oxygen atoms in total. The van der Waals surface area contributed by atoms with Crippen molar-refractivity contribution in [2.24, 2.45) is 0 Å². The third-order valence-electron chi connectivity index (χ3n) is 10.1. The molecule has 0 aliphatic heterocycles. The van der Waals surface area contributed by atoms with Gasteiger partial charge in [0.15, 0.2) is 11.5 Å². The first-order chi connectivity index (χ1) is 28.0. The summed E-state index contributed by atoms with van der Waals surface area (Å²) >= 11 is 8.50. The van der Waals surface area contributed by atoms with E-state index in [4.69, 9.17) is 18.9 Å². The lowest BCUT2D eigenvalue weighted by Crippen LogP contribution is -2.43. The van der Waals surface area contributed by atoms with Gasteiger partial charge in [-0.25, -0.2) is 14.4 Å². The van der Waals surface area contributed by atoms with Crippen LogP contribution in [0.1, 0.15) is 39.7 Å². The summed E-state index contributed by atoms with van der Waals surface area (Å²) in [6, 6.07) is 38.3. The second-order valence-electron chi connectivity index (χ2n) is 13.7. The molecular weight excluding hydrogens is 1190 g/mol. The minimum Gasteiger partial charge on any atom is -0.480 e. The van der Waals surface area contributed by atoms with Gasteiger partial charge >= 0.3 is 18.2 Å². The first-order valence-electron chi connectivity index (χ1n) is 18.1. The van der Waals surface area contributed by atoms with Gasteiger partial charge in [-0.1, -0.05) is 97.1 Å². The molecule has 0 saturated heterocycles. The molecule has 2 N–H and O–H groups in total. The Balaban J connectivity index is 0.884. The fraction of sp³-hybridized carbons (Fsp3) is 0.133. The first kappa shape index (κ1) is 40.8. The number of carboxylic acids is 1. The predicted molar refractivity (Wildman–Crippen MR) is 253 cm³/mol. The number of rotatable bonds is 11. The van der Waals surface area contributed by atoms with Gasteiger partial charge in [0.2, 0.25) is 0 Å². The molecule has 2 aliphatic carbocycles. The minimum absolute atomic E-state index is 0.0313. The fourth-order valence-corrected chi connectivity index (χ4v) is 11.6. The van der Waals surface area contributed by atoms with E-state index in [1.807, 2.05) is 72.8 Å². The zero-order chi connectivity index (χ0) is 40.5. The minimum atomic E-state index is -1.22. The molecule has 0 aromatic heterocycles. The van der Waals surface area contributed by atoms with Crippen molar-refractivity contribution in [1.29, 1.82) is 0 Å². The van der Waals surface area contributed by atoms with E-state index in [-0.39, 0.29) is 31.5 Å². The number of benzene rings is 6. The van der Waals surface area contributed by atoms with Crippen molar-refractivity contribution in [1.82, 2.24) is 5.32 Å². The Morgan fingerprint density at radius 3 is 1.45 bits per heavy atom. The van der Waals surface area contributed by atoms with E-state index in [1.165, 1.54) is 0 Å². The number of alkyl carbamates (subject to hydrolysis) is 1. The van der Waals surface area contributed by atoms with Crippen LogP contribution in [0.4, 0.5) is 9.59 Å². The third-order valence-corrected chi connectivity index (χ3v) is 13.3. The molecule has 0 fully saturated rings. The van der Waals surface area contributed by atoms with E-state index in [2.05, 4.69) is 132 Å². The Bertz CT molecular complexity index is 2460. The standard InChI is InChI=1S/C45H31I4NO8/c46-36-17-24(19-40(43(51)52)50-44(53)55-22-34-30-13-5-1-9-26(30)27-10-2-6-14-31(27)34)18-37(47)41(36)57-25-20-38(48)42(39(49)21-25)58-45(54)56-23-35-32-15-7-3-11-28(32)29-12-4-8-16-33(29)35/h1-18,20-21,34-35,40H,19,22-23H2,(H,50,53)(H,51,52). The third kappa shape index (κ3) is 8.54. The largest absolute Gasteiger partial charge is 0.513 e. The van der Waals surface area contributed by atoms with Crippen LogP contribution in [-0.4, -0.2) is 42.6 Å². The Labute approximate surface area is 388 Å². The average molecular weight is 1220 g/mol. The highest BCUT2D eigenvalue weighted by Gasteiger charge is 2.31. The van der Waals surface area contributed by atoms with Gasteiger partial charge < -0.3 is 29.4 Å². The fourth-order valence-electron chi connectivity index (χ4n) is 7.56. The van der Waals surface area contributed by atoms with Crippen molar-refractivity contribution in [3.63, 3.8) is 0 Å². The molecule has 1 unspecified atom stereocenters. The number of amides is 1. The number of hydrogen-bond acceptors (Lipinski definition) is 7. The number of carbonyl (C=O) groups excluding carboxylic acids is 2. The van der Waals surface area contributed by atoms with Gasteiger partial charge in [0, 0.05) is 18.3 Å². The van der Waals surface area contributed by atoms with Crippen LogP contribution in [0.3, 0.4) is 0 Å². The number of halogens is 4. The van der Waals surface area contributed by atoms with Crippen LogP contribution in [0.15, 0.2) is 121 Å². The molecule has 13 heteroatoms. The van der Waals surface area contributed by atoms with Crippen molar-refractivity contribution in [2.45, 2.75) is 24.3 Å². The summed E-state index contributed by atoms with van der Waals surface area (Å²) in [5.41, 5.74) is 9.57. The van der Waals surface area contributed by atoms with Crippen molar-refractivity contribution in [3.05, 3.63) is 163 Å². The molecule has 1 amide bonds. The molecule has 6 aromatic rings. The summed E-state index contributed by atoms with van der Waals surface area (Å²) in [6.45, 7) is 0.223. The maximum absolute atomic E-state index is 13.0. The summed E-state index contributed by atoms with van der Waals surface area (Å²) in [4.78, 5) is 38.3. The number of carboxylic acid groups (broad SMARTS) is 1.